The fraction of sp³-hybridized carbons (Fsp3) is 0.212. The first-order valence-electron chi connectivity index (χ1n) is 13.6. The van der Waals surface area contributed by atoms with E-state index in [0.717, 1.165) is 21.0 Å². The van der Waals surface area contributed by atoms with Crippen LogP contribution in [0.2, 0.25) is 0 Å². The Morgan fingerprint density at radius 3 is 2.02 bits per heavy atom. The molecule has 0 saturated heterocycles. The molecule has 4 aromatic rings. The standard InChI is InChI=1S/C33H35N3O5S/c1-24-14-20-31(21-15-24)42(39,40)36(28-16-18-30(19-17-28)41-29-12-6-5-7-13-29)23-32(37)35(26(3)33(38)34-4)22-27-11-9-8-10-25(27)2/h5-21,26H,22-23H2,1-4H3,(H,34,38)/t26-/m0/s1. The smallest absolute Gasteiger partial charge is 0.264 e. The summed E-state index contributed by atoms with van der Waals surface area (Å²) >= 11 is 0. The number of aryl methyl sites for hydroxylation is 2. The number of carbonyl (C=O) groups is 2. The number of para-hydroxylation sites is 1. The second-order valence-corrected chi connectivity index (χ2v) is 11.8. The van der Waals surface area contributed by atoms with Gasteiger partial charge in [0.2, 0.25) is 11.8 Å². The minimum absolute atomic E-state index is 0.0512. The third-order valence-corrected chi connectivity index (χ3v) is 8.80. The number of hydrogen-bond acceptors (Lipinski definition) is 5. The molecule has 2 amide bonds. The Hall–Kier alpha value is -4.63. The predicted molar refractivity (Wildman–Crippen MR) is 164 cm³/mol. The van der Waals surface area contributed by atoms with Crippen LogP contribution < -0.4 is 14.4 Å². The lowest BCUT2D eigenvalue weighted by atomic mass is 10.1. The lowest BCUT2D eigenvalue weighted by Crippen LogP contribution is -2.50. The summed E-state index contributed by atoms with van der Waals surface area (Å²) < 4.78 is 34.9. The highest BCUT2D eigenvalue weighted by molar-refractivity contribution is 7.92. The summed E-state index contributed by atoms with van der Waals surface area (Å²) in [5.74, 6) is 0.278. The first kappa shape index (κ1) is 30.3. The second kappa shape index (κ2) is 13.4. The van der Waals surface area contributed by atoms with Crippen LogP contribution in [0.25, 0.3) is 0 Å². The maximum Gasteiger partial charge on any atom is 0.264 e. The average Bonchev–Trinajstić information content (AvgIpc) is 2.99. The van der Waals surface area contributed by atoms with Gasteiger partial charge in [0.05, 0.1) is 10.6 Å². The predicted octanol–water partition coefficient (Wildman–Crippen LogP) is 5.45. The Morgan fingerprint density at radius 2 is 1.40 bits per heavy atom. The number of hydrogen-bond donors (Lipinski definition) is 1. The van der Waals surface area contributed by atoms with E-state index in [1.54, 1.807) is 43.3 Å². The van der Waals surface area contributed by atoms with Crippen molar-refractivity contribution in [1.29, 1.82) is 0 Å². The van der Waals surface area contributed by atoms with Crippen LogP contribution in [-0.2, 0) is 26.2 Å². The van der Waals surface area contributed by atoms with Crippen molar-refractivity contribution in [2.75, 3.05) is 17.9 Å². The summed E-state index contributed by atoms with van der Waals surface area (Å²) in [6, 6.07) is 28.9. The van der Waals surface area contributed by atoms with Crippen LogP contribution in [0.5, 0.6) is 11.5 Å². The van der Waals surface area contributed by atoms with E-state index in [1.807, 2.05) is 68.4 Å². The van der Waals surface area contributed by atoms with Crippen molar-refractivity contribution in [1.82, 2.24) is 10.2 Å². The first-order chi connectivity index (χ1) is 20.1. The van der Waals surface area contributed by atoms with Gasteiger partial charge in [0.25, 0.3) is 10.0 Å². The average molecular weight is 586 g/mol. The van der Waals surface area contributed by atoms with Gasteiger partial charge in [0, 0.05) is 13.6 Å². The Balaban J connectivity index is 1.71. The van der Waals surface area contributed by atoms with Crippen LogP contribution in [0.4, 0.5) is 5.69 Å². The molecule has 0 bridgehead atoms. The highest BCUT2D eigenvalue weighted by Crippen LogP contribution is 2.29. The highest BCUT2D eigenvalue weighted by Gasteiger charge is 2.32. The zero-order valence-electron chi connectivity index (χ0n) is 24.2. The maximum absolute atomic E-state index is 14.0. The topological polar surface area (TPSA) is 96.0 Å². The third-order valence-electron chi connectivity index (χ3n) is 7.01. The molecule has 42 heavy (non-hydrogen) atoms. The van der Waals surface area contributed by atoms with E-state index in [9.17, 15) is 18.0 Å². The number of benzene rings is 4. The van der Waals surface area contributed by atoms with Gasteiger partial charge in [-0.05, 0) is 80.4 Å². The summed E-state index contributed by atoms with van der Waals surface area (Å²) in [6.45, 7) is 5.05. The molecule has 4 aromatic carbocycles. The van der Waals surface area contributed by atoms with Gasteiger partial charge < -0.3 is 15.0 Å². The molecule has 0 heterocycles. The van der Waals surface area contributed by atoms with E-state index < -0.39 is 28.5 Å². The quantitative estimate of drug-likeness (QED) is 0.252. The largest absolute Gasteiger partial charge is 0.457 e. The first-order valence-corrected chi connectivity index (χ1v) is 15.0. The Bertz CT molecular complexity index is 1620. The summed E-state index contributed by atoms with van der Waals surface area (Å²) in [7, 11) is -2.66. The van der Waals surface area contributed by atoms with E-state index in [0.29, 0.717) is 11.5 Å². The van der Waals surface area contributed by atoms with E-state index in [2.05, 4.69) is 5.32 Å². The molecule has 218 valence electrons. The van der Waals surface area contributed by atoms with Crippen molar-refractivity contribution in [3.05, 3.63) is 120 Å². The summed E-state index contributed by atoms with van der Waals surface area (Å²) in [4.78, 5) is 28.1. The number of nitrogens with zero attached hydrogens (tertiary/aromatic N) is 2. The minimum atomic E-state index is -4.16. The third kappa shape index (κ3) is 7.16. The SMILES string of the molecule is CNC(=O)[C@H](C)N(Cc1ccccc1C)C(=O)CN(c1ccc(Oc2ccccc2)cc1)S(=O)(=O)c1ccc(C)cc1. The van der Waals surface area contributed by atoms with Crippen molar-refractivity contribution in [2.45, 2.75) is 38.3 Å². The molecule has 1 atom stereocenters. The van der Waals surface area contributed by atoms with Crippen molar-refractivity contribution < 1.29 is 22.7 Å². The van der Waals surface area contributed by atoms with Gasteiger partial charge in [-0.15, -0.1) is 0 Å². The summed E-state index contributed by atoms with van der Waals surface area (Å²) in [5, 5.41) is 2.59. The van der Waals surface area contributed by atoms with Gasteiger partial charge in [0.15, 0.2) is 0 Å². The lowest BCUT2D eigenvalue weighted by molar-refractivity contribution is -0.139. The molecule has 9 heteroatoms. The summed E-state index contributed by atoms with van der Waals surface area (Å²) in [6.07, 6.45) is 0. The van der Waals surface area contributed by atoms with Crippen molar-refractivity contribution in [3.63, 3.8) is 0 Å². The number of nitrogens with one attached hydrogen (secondary N) is 1. The molecular formula is C33H35N3O5S. The molecule has 0 saturated carbocycles. The number of amides is 2. The number of likely N-dealkylation sites (N-methyl/N-ethyl adjacent to an activating group) is 1. The van der Waals surface area contributed by atoms with Gasteiger partial charge in [-0.25, -0.2) is 8.42 Å². The van der Waals surface area contributed by atoms with Crippen LogP contribution in [-0.4, -0.2) is 44.8 Å². The summed E-state index contributed by atoms with van der Waals surface area (Å²) in [5.41, 5.74) is 3.00. The fourth-order valence-corrected chi connectivity index (χ4v) is 5.85. The van der Waals surface area contributed by atoms with Crippen LogP contribution in [0.1, 0.15) is 23.6 Å². The number of anilines is 1. The van der Waals surface area contributed by atoms with Crippen LogP contribution in [0, 0.1) is 13.8 Å². The molecule has 0 unspecified atom stereocenters. The van der Waals surface area contributed by atoms with E-state index >= 15 is 0 Å². The minimum Gasteiger partial charge on any atom is -0.457 e. The zero-order chi connectivity index (χ0) is 30.3. The normalized spacial score (nSPS) is 11.8. The van der Waals surface area contributed by atoms with Crippen LogP contribution in [0.15, 0.2) is 108 Å². The fourth-order valence-electron chi connectivity index (χ4n) is 4.43. The monoisotopic (exact) mass is 585 g/mol. The van der Waals surface area contributed by atoms with Gasteiger partial charge in [-0.3, -0.25) is 13.9 Å². The number of ether oxygens (including phenoxy) is 1. The molecule has 4 rings (SSSR count). The van der Waals surface area contributed by atoms with Gasteiger partial charge in [-0.2, -0.15) is 0 Å². The molecule has 0 aliphatic rings. The van der Waals surface area contributed by atoms with Crippen molar-refractivity contribution >= 4 is 27.5 Å². The van der Waals surface area contributed by atoms with Gasteiger partial charge >= 0.3 is 0 Å². The molecule has 0 spiro atoms. The zero-order valence-corrected chi connectivity index (χ0v) is 25.0. The van der Waals surface area contributed by atoms with Crippen LogP contribution in [0.3, 0.4) is 0 Å². The van der Waals surface area contributed by atoms with Crippen LogP contribution >= 0.6 is 0 Å². The molecule has 0 aliphatic heterocycles. The maximum atomic E-state index is 14.0. The lowest BCUT2D eigenvalue weighted by Gasteiger charge is -2.32. The molecule has 1 N–H and O–H groups in total. The second-order valence-electron chi connectivity index (χ2n) is 9.97. The van der Waals surface area contributed by atoms with Gasteiger partial charge in [-0.1, -0.05) is 60.2 Å². The number of sulfonamides is 1. The van der Waals surface area contributed by atoms with E-state index in [4.69, 9.17) is 4.74 Å². The molecule has 0 fully saturated rings. The Kier molecular flexibility index (Phi) is 9.64. The van der Waals surface area contributed by atoms with Gasteiger partial charge in [0.1, 0.15) is 24.1 Å². The Labute approximate surface area is 247 Å². The molecule has 8 nitrogen and oxygen atoms in total. The molecule has 0 radical (unpaired) electrons. The number of carbonyl (C=O) groups excluding carboxylic acids is 2. The number of rotatable bonds is 11. The van der Waals surface area contributed by atoms with E-state index in [1.165, 1.54) is 24.1 Å². The molecule has 0 aliphatic carbocycles. The molecule has 0 aromatic heterocycles. The van der Waals surface area contributed by atoms with E-state index in [-0.39, 0.29) is 23.0 Å². The highest BCUT2D eigenvalue weighted by atomic mass is 32.2. The molecular weight excluding hydrogens is 550 g/mol. The van der Waals surface area contributed by atoms with Crippen molar-refractivity contribution in [2.24, 2.45) is 0 Å². The van der Waals surface area contributed by atoms with Crippen molar-refractivity contribution in [3.8, 4) is 11.5 Å². The Morgan fingerprint density at radius 1 is 0.810 bits per heavy atom.